The van der Waals surface area contributed by atoms with Gasteiger partial charge < -0.3 is 111 Å². The van der Waals surface area contributed by atoms with Crippen molar-refractivity contribution >= 4 is 112 Å². The number of primary amides is 5. The highest BCUT2D eigenvalue weighted by Crippen LogP contribution is 2.29. The fourth-order valence-electron chi connectivity index (χ4n) is 16.3. The van der Waals surface area contributed by atoms with E-state index in [1.54, 1.807) is 44.2 Å². The number of likely N-dealkylation sites (tertiary alicyclic amines) is 6. The summed E-state index contributed by atoms with van der Waals surface area (Å²) >= 11 is 0. The van der Waals surface area contributed by atoms with Crippen molar-refractivity contribution in [3.05, 3.63) is 65.7 Å². The number of nitrogens with zero attached hydrogens (tertiary/aromatic N) is 6. The van der Waals surface area contributed by atoms with Crippen LogP contribution in [0.5, 0.6) is 5.75 Å². The third kappa shape index (κ3) is 25.8. The average molecular weight is 1660 g/mol. The van der Waals surface area contributed by atoms with Crippen LogP contribution in [0.4, 0.5) is 0 Å². The predicted octanol–water partition coefficient (Wildman–Crippen LogP) is -4.70. The van der Waals surface area contributed by atoms with Crippen molar-refractivity contribution in [1.82, 2.24) is 66.6 Å². The maximum atomic E-state index is 15.1. The molecular weight excluding hydrogens is 1550 g/mol. The van der Waals surface area contributed by atoms with Gasteiger partial charge in [-0.2, -0.15) is 0 Å². The maximum absolute atomic E-state index is 15.1. The van der Waals surface area contributed by atoms with Crippen molar-refractivity contribution in [2.45, 2.75) is 259 Å². The Hall–Kier alpha value is -11.9. The molecule has 0 saturated carbocycles. The van der Waals surface area contributed by atoms with Crippen LogP contribution < -0.4 is 71.6 Å². The molecule has 0 aliphatic carbocycles. The molecule has 0 aromatic heterocycles. The fraction of sp³-hybridized carbons (Fsp3) is 0.608. The topological polar surface area (TPSA) is 625 Å². The van der Waals surface area contributed by atoms with Crippen molar-refractivity contribution in [2.24, 2.45) is 40.3 Å². The minimum absolute atomic E-state index is 0.00279. The molecule has 0 radical (unpaired) electrons. The van der Waals surface area contributed by atoms with E-state index in [0.717, 1.165) is 4.90 Å². The van der Waals surface area contributed by atoms with Crippen LogP contribution in [0.25, 0.3) is 0 Å². The zero-order chi connectivity index (χ0) is 87.1. The molecule has 2 aromatic carbocycles. The fourth-order valence-corrected chi connectivity index (χ4v) is 16.3. The summed E-state index contributed by atoms with van der Waals surface area (Å²) < 4.78 is 0. The summed E-state index contributed by atoms with van der Waals surface area (Å²) in [6.45, 7) is 3.59. The van der Waals surface area contributed by atoms with E-state index in [9.17, 15) is 91.7 Å². The predicted molar refractivity (Wildman–Crippen MR) is 421 cm³/mol. The van der Waals surface area contributed by atoms with Gasteiger partial charge in [0.05, 0.1) is 6.04 Å². The maximum Gasteiger partial charge on any atom is 0.303 e. The number of carbonyl (C=O) groups excluding carboxylic acids is 18. The number of aliphatic carboxylic acids is 1. The Morgan fingerprint density at radius 2 is 0.639 bits per heavy atom. The molecule has 0 bridgehead atoms. The van der Waals surface area contributed by atoms with Crippen molar-refractivity contribution in [2.75, 3.05) is 39.3 Å². The van der Waals surface area contributed by atoms with Gasteiger partial charge >= 0.3 is 5.97 Å². The third-order valence-corrected chi connectivity index (χ3v) is 22.5. The highest BCUT2D eigenvalue weighted by Gasteiger charge is 2.48. The number of nitrogens with two attached hydrogens (primary N) is 6. The van der Waals surface area contributed by atoms with Gasteiger partial charge in [-0.05, 0) is 145 Å². The molecule has 6 saturated heterocycles. The first-order valence-electron chi connectivity index (χ1n) is 40.7. The third-order valence-electron chi connectivity index (χ3n) is 22.5. The van der Waals surface area contributed by atoms with E-state index in [0.29, 0.717) is 30.4 Å². The molecule has 6 fully saturated rings. The van der Waals surface area contributed by atoms with Crippen LogP contribution >= 0.6 is 0 Å². The van der Waals surface area contributed by atoms with Gasteiger partial charge in [-0.1, -0.05) is 56.3 Å². The van der Waals surface area contributed by atoms with Crippen molar-refractivity contribution in [3.63, 3.8) is 0 Å². The molecule has 650 valence electrons. The molecule has 6 heterocycles. The lowest BCUT2D eigenvalue weighted by molar-refractivity contribution is -0.146. The number of phenolic OH excluding ortho intramolecular Hbond substituents is 1. The number of nitrogens with one attached hydrogen (secondary N) is 7. The smallest absolute Gasteiger partial charge is 0.303 e. The number of benzene rings is 2. The molecule has 14 atom stereocenters. The number of rotatable bonds is 42. The molecule has 6 aliphatic heterocycles. The second-order valence-electron chi connectivity index (χ2n) is 31.7. The van der Waals surface area contributed by atoms with E-state index in [-0.39, 0.29) is 167 Å². The second kappa shape index (κ2) is 43.5. The summed E-state index contributed by atoms with van der Waals surface area (Å²) in [5.41, 5.74) is 34.4. The normalized spacial score (nSPS) is 21.0. The van der Waals surface area contributed by atoms with Crippen LogP contribution in [0.3, 0.4) is 0 Å². The van der Waals surface area contributed by atoms with Crippen molar-refractivity contribution in [3.8, 4) is 5.75 Å². The second-order valence-corrected chi connectivity index (χ2v) is 31.7. The first kappa shape index (κ1) is 92.6. The number of phenols is 1. The number of hydrogen-bond acceptors (Lipinski definition) is 21. The van der Waals surface area contributed by atoms with E-state index in [4.69, 9.17) is 34.4 Å². The summed E-state index contributed by atoms with van der Waals surface area (Å²) in [6.07, 6.45) is -1.45. The Morgan fingerprint density at radius 3 is 0.975 bits per heavy atom. The summed E-state index contributed by atoms with van der Waals surface area (Å²) in [5, 5.41) is 38.9. The molecule has 40 heteroatoms. The van der Waals surface area contributed by atoms with Crippen molar-refractivity contribution in [1.29, 1.82) is 0 Å². The van der Waals surface area contributed by atoms with Gasteiger partial charge in [-0.25, -0.2) is 0 Å². The molecule has 8 rings (SSSR count). The quantitative estimate of drug-likeness (QED) is 0.0297. The summed E-state index contributed by atoms with van der Waals surface area (Å²) in [7, 11) is 0. The minimum atomic E-state index is -1.67. The summed E-state index contributed by atoms with van der Waals surface area (Å²) in [5.74, 6) is -16.1. The Kier molecular flexibility index (Phi) is 33.9. The number of carbonyl (C=O) groups is 19. The van der Waals surface area contributed by atoms with Crippen LogP contribution in [-0.2, 0) is 104 Å². The van der Waals surface area contributed by atoms with Crippen molar-refractivity contribution < 1.29 is 101 Å². The highest BCUT2D eigenvalue weighted by atomic mass is 16.4. The molecule has 40 nitrogen and oxygen atoms in total. The summed E-state index contributed by atoms with van der Waals surface area (Å²) in [4.78, 5) is 269. The first-order valence-corrected chi connectivity index (χ1v) is 40.7. The molecule has 2 aromatic rings. The van der Waals surface area contributed by atoms with E-state index in [1.807, 2.05) is 0 Å². The van der Waals surface area contributed by atoms with Crippen LogP contribution in [0.2, 0.25) is 0 Å². The molecule has 0 unspecified atom stereocenters. The van der Waals surface area contributed by atoms with Gasteiger partial charge in [0.15, 0.2) is 0 Å². The van der Waals surface area contributed by atoms with Gasteiger partial charge in [-0.3, -0.25) is 91.1 Å². The Morgan fingerprint density at radius 1 is 0.353 bits per heavy atom. The van der Waals surface area contributed by atoms with Crippen LogP contribution in [0, 0.1) is 5.92 Å². The molecular formula is C79H113N19O21. The monoisotopic (exact) mass is 1660 g/mol. The van der Waals surface area contributed by atoms with Crippen LogP contribution in [0.1, 0.15) is 173 Å². The number of amides is 18. The van der Waals surface area contributed by atoms with E-state index in [1.165, 1.54) is 48.8 Å². The number of carboxylic acids is 1. The lowest BCUT2D eigenvalue weighted by Crippen LogP contribution is -2.61. The molecule has 18 amide bonds. The van der Waals surface area contributed by atoms with E-state index >= 15 is 9.59 Å². The van der Waals surface area contributed by atoms with Gasteiger partial charge in [0.2, 0.25) is 106 Å². The molecule has 21 N–H and O–H groups in total. The lowest BCUT2D eigenvalue weighted by atomic mass is 10.0. The van der Waals surface area contributed by atoms with Gasteiger partial charge in [-0.15, -0.1) is 0 Å². The van der Waals surface area contributed by atoms with E-state index < -0.39 is 223 Å². The van der Waals surface area contributed by atoms with E-state index in [2.05, 4.69) is 37.2 Å². The minimum Gasteiger partial charge on any atom is -0.508 e. The zero-order valence-corrected chi connectivity index (χ0v) is 67.1. The average Bonchev–Trinajstić information content (AvgIpc) is 1.72. The molecule has 0 spiro atoms. The number of hydrogen-bond donors (Lipinski definition) is 15. The largest absolute Gasteiger partial charge is 0.508 e. The Balaban J connectivity index is 0.947. The number of carboxylic acid groups (broad SMARTS) is 1. The lowest BCUT2D eigenvalue weighted by Gasteiger charge is -2.33. The number of aromatic hydroxyl groups is 1. The Bertz CT molecular complexity index is 4100. The Labute approximate surface area is 687 Å². The standard InChI is InChI=1S/C79H113N19O21/c1-43(2)40-52(77(117)96-37-11-19-60(96)73(113)92-54(42-45-20-22-46(99)23-21-45)79(119)98-39-10-18-59(98)71(111)88-50(26-31-63(83)102)75(115)94-35-7-15-56(94)68(108)86-48(66(85)106)25-30-62(82)101)90-67(107)49(28-33-65(104)105)87-69(109)57-16-8-36-95(57)76(116)51(27-32-64(84)103)89-70(110)58-17-9-38-97(58)78(118)53(41-44-12-4-3-5-13-44)91-72(112)55-14-6-34-93(55)74(114)47(80)24-29-61(81)100/h3-5,12-13,20-23,43,47-60,99H,6-11,14-19,24-42,80H2,1-2H3,(H2,81,100)(H2,82,101)(H2,83,102)(H2,84,103)(H2,85,106)(H,86,108)(H,87,109)(H,88,111)(H,89,110)(H,90,107)(H,91,112)(H,92,113)(H,104,105)/t47-,48-,49-,50-,51-,52-,53-,54-,55-,56-,57-,58-,59-,60-/m0/s1. The SMILES string of the molecule is CC(C)C[C@H](NC(=O)[C@H](CCC(=O)O)NC(=O)[C@@H]1CCCN1C(=O)[C@H](CCC(N)=O)NC(=O)[C@@H]1CCCN1C(=O)[C@H](Cc1ccccc1)NC(=O)[C@@H]1CCCN1C(=O)[C@@H](N)CCC(N)=O)C(=O)N1CCC[C@H]1C(=O)N[C@@H](Cc1ccc(O)cc1)C(=O)N1CCC[C@H]1C(=O)N[C@@H](CCC(N)=O)C(=O)N1CCC[C@H]1C(=O)N[C@@H](CCC(N)=O)C(N)=O. The van der Waals surface area contributed by atoms with Crippen LogP contribution in [0.15, 0.2) is 54.6 Å². The zero-order valence-electron chi connectivity index (χ0n) is 67.1. The van der Waals surface area contributed by atoms with Crippen LogP contribution in [-0.4, -0.2) is 276 Å². The van der Waals surface area contributed by atoms with Gasteiger partial charge in [0.25, 0.3) is 0 Å². The molecule has 119 heavy (non-hydrogen) atoms. The van der Waals surface area contributed by atoms with Gasteiger partial charge in [0, 0.05) is 84.2 Å². The first-order chi connectivity index (χ1) is 56.5. The molecule has 6 aliphatic rings. The summed E-state index contributed by atoms with van der Waals surface area (Å²) in [6, 6.07) is -4.23. The van der Waals surface area contributed by atoms with Gasteiger partial charge in [0.1, 0.15) is 84.3 Å². The highest BCUT2D eigenvalue weighted by molar-refractivity contribution is 6.01.